The first-order valence-corrected chi connectivity index (χ1v) is 3.56. The van der Waals surface area contributed by atoms with Crippen molar-refractivity contribution in [3.63, 3.8) is 0 Å². The number of carbonyl (C=O) groups excluding carboxylic acids is 1. The molecule has 2 atom stereocenters. The third kappa shape index (κ3) is 1.18. The second-order valence-electron chi connectivity index (χ2n) is 2.82. The Hall–Kier alpha value is -0.850. The van der Waals surface area contributed by atoms with Crippen molar-refractivity contribution in [1.29, 1.82) is 0 Å². The van der Waals surface area contributed by atoms with Crippen molar-refractivity contribution in [3.05, 3.63) is 23.8 Å². The van der Waals surface area contributed by atoms with Gasteiger partial charge in [-0.1, -0.05) is 30.7 Å². The third-order valence-corrected chi connectivity index (χ3v) is 2.01. The quantitative estimate of drug-likeness (QED) is 0.503. The molecule has 0 aliphatic heterocycles. The van der Waals surface area contributed by atoms with E-state index in [1.165, 1.54) is 5.57 Å². The monoisotopic (exact) mass is 136 g/mol. The first kappa shape index (κ1) is 7.26. The summed E-state index contributed by atoms with van der Waals surface area (Å²) in [5.41, 5.74) is 1.17. The predicted molar refractivity (Wildman–Crippen MR) is 41.6 cm³/mol. The van der Waals surface area contributed by atoms with E-state index in [2.05, 4.69) is 13.0 Å². The van der Waals surface area contributed by atoms with Crippen LogP contribution in [0.25, 0.3) is 0 Å². The standard InChI is InChI=1S/C9H12O/c1-7-4-3-5-8(2)9(7)6-10/h3-7,9H,1-2H3. The largest absolute Gasteiger partial charge is 0.303 e. The van der Waals surface area contributed by atoms with Gasteiger partial charge in [0.2, 0.25) is 0 Å². The Morgan fingerprint density at radius 1 is 1.60 bits per heavy atom. The number of hydrogen-bond acceptors (Lipinski definition) is 1. The molecule has 0 radical (unpaired) electrons. The van der Waals surface area contributed by atoms with Crippen LogP contribution in [0.4, 0.5) is 0 Å². The van der Waals surface area contributed by atoms with Crippen molar-refractivity contribution in [3.8, 4) is 0 Å². The Kier molecular flexibility index (Phi) is 2.05. The Morgan fingerprint density at radius 3 is 2.70 bits per heavy atom. The van der Waals surface area contributed by atoms with E-state index in [0.717, 1.165) is 6.29 Å². The molecule has 0 spiro atoms. The minimum atomic E-state index is 0.116. The molecule has 1 nitrogen and oxygen atoms in total. The zero-order valence-corrected chi connectivity index (χ0v) is 6.37. The summed E-state index contributed by atoms with van der Waals surface area (Å²) < 4.78 is 0. The lowest BCUT2D eigenvalue weighted by Crippen LogP contribution is -2.14. The summed E-state index contributed by atoms with van der Waals surface area (Å²) in [6, 6.07) is 0. The summed E-state index contributed by atoms with van der Waals surface area (Å²) in [7, 11) is 0. The lowest BCUT2D eigenvalue weighted by molar-refractivity contribution is -0.110. The van der Waals surface area contributed by atoms with Gasteiger partial charge in [0.05, 0.1) is 0 Å². The van der Waals surface area contributed by atoms with E-state index in [4.69, 9.17) is 0 Å². The summed E-state index contributed by atoms with van der Waals surface area (Å²) in [6.07, 6.45) is 7.10. The molecule has 0 fully saturated rings. The molecule has 2 unspecified atom stereocenters. The topological polar surface area (TPSA) is 17.1 Å². The van der Waals surface area contributed by atoms with Crippen molar-refractivity contribution >= 4 is 6.29 Å². The Bertz CT molecular complexity index is 189. The van der Waals surface area contributed by atoms with Crippen molar-refractivity contribution in [2.45, 2.75) is 13.8 Å². The maximum atomic E-state index is 10.5. The van der Waals surface area contributed by atoms with Crippen LogP contribution in [-0.2, 0) is 4.79 Å². The molecule has 0 heterocycles. The molecule has 0 aromatic heterocycles. The zero-order chi connectivity index (χ0) is 7.56. The maximum Gasteiger partial charge on any atom is 0.127 e. The highest BCUT2D eigenvalue weighted by molar-refractivity contribution is 5.60. The van der Waals surface area contributed by atoms with Crippen LogP contribution in [0.5, 0.6) is 0 Å². The lowest BCUT2D eigenvalue weighted by atomic mass is 9.85. The SMILES string of the molecule is CC1=CC=CC(C)C1C=O. The highest BCUT2D eigenvalue weighted by atomic mass is 16.1. The van der Waals surface area contributed by atoms with Gasteiger partial charge in [-0.2, -0.15) is 0 Å². The predicted octanol–water partition coefficient (Wildman–Crippen LogP) is 1.95. The number of allylic oxidation sites excluding steroid dienone is 4. The molecular weight excluding hydrogens is 124 g/mol. The smallest absolute Gasteiger partial charge is 0.127 e. The summed E-state index contributed by atoms with van der Waals surface area (Å²) in [5, 5.41) is 0. The Morgan fingerprint density at radius 2 is 2.30 bits per heavy atom. The Labute approximate surface area is 61.4 Å². The molecule has 0 aromatic carbocycles. The molecule has 0 amide bonds. The van der Waals surface area contributed by atoms with E-state index in [1.807, 2.05) is 19.1 Å². The van der Waals surface area contributed by atoms with Crippen LogP contribution >= 0.6 is 0 Å². The van der Waals surface area contributed by atoms with Crippen LogP contribution in [0.2, 0.25) is 0 Å². The Balaban J connectivity index is 2.80. The minimum absolute atomic E-state index is 0.116. The fourth-order valence-electron chi connectivity index (χ4n) is 1.26. The second kappa shape index (κ2) is 2.82. The van der Waals surface area contributed by atoms with Gasteiger partial charge >= 0.3 is 0 Å². The fourth-order valence-corrected chi connectivity index (χ4v) is 1.26. The molecule has 1 aliphatic carbocycles. The van der Waals surface area contributed by atoms with Crippen LogP contribution in [-0.4, -0.2) is 6.29 Å². The van der Waals surface area contributed by atoms with Crippen molar-refractivity contribution in [2.75, 3.05) is 0 Å². The summed E-state index contributed by atoms with van der Waals surface area (Å²) in [5.74, 6) is 0.493. The van der Waals surface area contributed by atoms with Gasteiger partial charge in [-0.25, -0.2) is 0 Å². The first-order valence-electron chi connectivity index (χ1n) is 3.56. The molecule has 0 bridgehead atoms. The van der Waals surface area contributed by atoms with Gasteiger partial charge in [-0.15, -0.1) is 0 Å². The van der Waals surface area contributed by atoms with E-state index in [1.54, 1.807) is 0 Å². The van der Waals surface area contributed by atoms with Crippen molar-refractivity contribution < 1.29 is 4.79 Å². The van der Waals surface area contributed by atoms with Crippen LogP contribution < -0.4 is 0 Å². The van der Waals surface area contributed by atoms with E-state index < -0.39 is 0 Å². The van der Waals surface area contributed by atoms with E-state index in [9.17, 15) is 4.79 Å². The lowest BCUT2D eigenvalue weighted by Gasteiger charge is -2.18. The van der Waals surface area contributed by atoms with Crippen LogP contribution in [0.1, 0.15) is 13.8 Å². The average molecular weight is 136 g/mol. The number of aldehydes is 1. The molecule has 0 aromatic rings. The molecule has 1 heteroatoms. The molecule has 10 heavy (non-hydrogen) atoms. The maximum absolute atomic E-state index is 10.5. The fraction of sp³-hybridized carbons (Fsp3) is 0.444. The summed E-state index contributed by atoms with van der Waals surface area (Å²) >= 11 is 0. The summed E-state index contributed by atoms with van der Waals surface area (Å²) in [6.45, 7) is 4.06. The van der Waals surface area contributed by atoms with Gasteiger partial charge < -0.3 is 4.79 Å². The van der Waals surface area contributed by atoms with Gasteiger partial charge in [-0.3, -0.25) is 0 Å². The molecule has 0 N–H and O–H groups in total. The normalized spacial score (nSPS) is 31.6. The number of rotatable bonds is 1. The molecule has 54 valence electrons. The zero-order valence-electron chi connectivity index (χ0n) is 6.37. The van der Waals surface area contributed by atoms with Crippen molar-refractivity contribution in [2.24, 2.45) is 11.8 Å². The minimum Gasteiger partial charge on any atom is -0.303 e. The van der Waals surface area contributed by atoms with Crippen molar-refractivity contribution in [1.82, 2.24) is 0 Å². The van der Waals surface area contributed by atoms with Crippen LogP contribution in [0.3, 0.4) is 0 Å². The van der Waals surface area contributed by atoms with E-state index in [0.29, 0.717) is 5.92 Å². The van der Waals surface area contributed by atoms with Crippen LogP contribution in [0.15, 0.2) is 23.8 Å². The number of carbonyl (C=O) groups is 1. The molecule has 0 saturated carbocycles. The second-order valence-corrected chi connectivity index (χ2v) is 2.82. The first-order chi connectivity index (χ1) is 4.75. The molecular formula is C9H12O. The van der Waals surface area contributed by atoms with E-state index in [-0.39, 0.29) is 5.92 Å². The average Bonchev–Trinajstić information content (AvgIpc) is 1.88. The van der Waals surface area contributed by atoms with Gasteiger partial charge in [0.1, 0.15) is 6.29 Å². The van der Waals surface area contributed by atoms with Gasteiger partial charge in [0.25, 0.3) is 0 Å². The van der Waals surface area contributed by atoms with Gasteiger partial charge in [-0.05, 0) is 12.8 Å². The third-order valence-electron chi connectivity index (χ3n) is 2.01. The molecule has 0 saturated heterocycles. The highest BCUT2D eigenvalue weighted by Crippen LogP contribution is 2.23. The van der Waals surface area contributed by atoms with Gasteiger partial charge in [0.15, 0.2) is 0 Å². The highest BCUT2D eigenvalue weighted by Gasteiger charge is 2.17. The van der Waals surface area contributed by atoms with Gasteiger partial charge in [0, 0.05) is 5.92 Å². The molecule has 1 rings (SSSR count). The van der Waals surface area contributed by atoms with Crippen LogP contribution in [0, 0.1) is 11.8 Å². The number of hydrogen-bond donors (Lipinski definition) is 0. The summed E-state index contributed by atoms with van der Waals surface area (Å²) in [4.78, 5) is 10.5. The van der Waals surface area contributed by atoms with E-state index >= 15 is 0 Å². The molecule has 1 aliphatic rings.